The first-order chi connectivity index (χ1) is 31.8. The average Bonchev–Trinajstić information content (AvgIpc) is 4.11. The van der Waals surface area contributed by atoms with Gasteiger partial charge in [0.1, 0.15) is 17.9 Å². The van der Waals surface area contributed by atoms with Crippen LogP contribution in [0.5, 0.6) is 0 Å². The maximum atomic E-state index is 13.4. The van der Waals surface area contributed by atoms with Gasteiger partial charge >= 0.3 is 103 Å². The number of alkyl halides is 1. The van der Waals surface area contributed by atoms with E-state index in [4.69, 9.17) is 20.6 Å². The Labute approximate surface area is 507 Å². The Kier molecular flexibility index (Phi) is 21.9. The van der Waals surface area contributed by atoms with Crippen LogP contribution in [-0.2, 0) is 25.8 Å². The van der Waals surface area contributed by atoms with E-state index in [0.717, 1.165) is 92.3 Å². The summed E-state index contributed by atoms with van der Waals surface area (Å²) in [5.41, 5.74) is 0.632. The normalized spacial score (nSPS) is 42.8. The van der Waals surface area contributed by atoms with Gasteiger partial charge in [0.2, 0.25) is 0 Å². The van der Waals surface area contributed by atoms with Gasteiger partial charge in [-0.3, -0.25) is 24.1 Å². The van der Waals surface area contributed by atoms with Gasteiger partial charge < -0.3 is 21.8 Å². The maximum absolute atomic E-state index is 13.4. The smallest absolute Gasteiger partial charge is 1.00 e. The third-order valence-corrected chi connectivity index (χ3v) is 20.5. The molecule has 1 aromatic heterocycles. The minimum atomic E-state index is -0.465. The Morgan fingerprint density at radius 1 is 0.797 bits per heavy atom. The molecule has 8 aliphatic carbocycles. The molecule has 18 atom stereocenters. The van der Waals surface area contributed by atoms with E-state index in [1.54, 1.807) is 29.4 Å². The number of aliphatic hydroxyl groups is 2. The molecule has 0 unspecified atom stereocenters. The molecule has 0 saturated heterocycles. The fraction of sp³-hybridized carbons (Fsp3) is 0.796. The standard InChI is InChI=1S/C26H37N3O2.C22H35BrO2.C5H4N2.CH2O3.2K.H/c1-16-10-22(23(30)15-29-14-17(12-27)13-28-29)26(3)9-7-20-19-6-8-25(2,31)11-18(19)4-5-21(20)24(16)26;1-13-10-18(19(24)12-23)22(3)9-7-16-15-6-8-21(2,25)11-14(15)4-5-17(16)20(13)22;6-3-5-1-2-7-4-5;2-1-4-3;;;/h13-14,16,18-22,24,31H,4-11,15H2,1-3H3;13-18,20,25H,4-12H2,1-3H3;1,4H,2H2;1,3H;;;/q;;;;2*+1;-1/p-1/t16-,18-,19+,20-,21-,22-,24+,25-,26-;13-,14-,15+,16-,17-,18-,20+,21-,22-;;;;;/m11...../s1. The Bertz CT molecular complexity index is 2110. The number of rotatable bonds is 6. The predicted octanol–water partition coefficient (Wildman–Crippen LogP) is 2.88. The molecule has 9 aliphatic rings. The Hall–Kier alpha value is 0.0427. The van der Waals surface area contributed by atoms with Gasteiger partial charge in [-0.05, 0) is 205 Å². The zero-order valence-electron chi connectivity index (χ0n) is 44.0. The quantitative estimate of drug-likeness (QED) is 0.140. The summed E-state index contributed by atoms with van der Waals surface area (Å²) in [7, 11) is 0. The number of ketones is 2. The van der Waals surface area contributed by atoms with Crippen LogP contribution >= 0.6 is 15.9 Å². The number of fused-ring (bicyclic) bond motifs is 10. The van der Waals surface area contributed by atoms with Gasteiger partial charge in [0.25, 0.3) is 6.47 Å². The molecule has 12 nitrogen and oxygen atoms in total. The topological polar surface area (TPSA) is 202 Å². The molecule has 15 heteroatoms. The number of carbonyl (C=O) groups excluding carboxylic acids is 3. The molecular weight excluding hydrogens is 989 g/mol. The van der Waals surface area contributed by atoms with Crippen LogP contribution in [0.25, 0.3) is 0 Å². The summed E-state index contributed by atoms with van der Waals surface area (Å²) in [5.74, 6) is 10.0. The van der Waals surface area contributed by atoms with Crippen molar-refractivity contribution >= 4 is 40.2 Å². The molecule has 0 bridgehead atoms. The van der Waals surface area contributed by atoms with Gasteiger partial charge in [-0.25, -0.2) is 0 Å². The molecule has 8 fully saturated rings. The van der Waals surface area contributed by atoms with Crippen LogP contribution in [0.3, 0.4) is 0 Å². The van der Waals surface area contributed by atoms with Crippen LogP contribution in [-0.4, -0.2) is 67.3 Å². The van der Waals surface area contributed by atoms with E-state index in [9.17, 15) is 19.8 Å². The number of aromatic nitrogens is 2. The summed E-state index contributed by atoms with van der Waals surface area (Å²) in [5, 5.41) is 51.5. The number of aliphatic imine (C=N–C) groups is 1. The molecule has 0 spiro atoms. The Morgan fingerprint density at radius 2 is 1.28 bits per heavy atom. The van der Waals surface area contributed by atoms with Crippen LogP contribution in [0.2, 0.25) is 0 Å². The van der Waals surface area contributed by atoms with Gasteiger partial charge in [-0.2, -0.15) is 15.6 Å². The minimum Gasteiger partial charge on any atom is -1.00 e. The largest absolute Gasteiger partial charge is 1.00 e. The van der Waals surface area contributed by atoms with Gasteiger partial charge in [-0.15, -0.1) is 0 Å². The van der Waals surface area contributed by atoms with E-state index in [1.165, 1.54) is 57.8 Å². The summed E-state index contributed by atoms with van der Waals surface area (Å²) in [4.78, 5) is 41.1. The molecule has 0 radical (unpaired) electrons. The number of carbonyl (C=O) groups is 3. The van der Waals surface area contributed by atoms with Gasteiger partial charge in [0.15, 0.2) is 5.78 Å². The number of hydrogen-bond acceptors (Lipinski definition) is 11. The fourth-order valence-electron chi connectivity index (χ4n) is 17.5. The SMILES string of the molecule is C[C@@H]1C[C@H](C(=O)CBr)[C@@]2(C)CC[C@H]3[C@@H](CC[C@@H]4C[C@](C)(O)CC[C@@H]43)[C@H]12.C[C@@H]1C[C@H](C(=O)Cn2cc(C#N)cn2)[C@@]2(C)CC[C@H]3[C@@H](CC[C@@H]4C[C@](C)(O)CC[C@@H]43)[C@H]12.N#CC1=CCN=C1.O=CO[O-].[H-].[K+].[K+]. The van der Waals surface area contributed by atoms with E-state index in [2.05, 4.69) is 64.7 Å². The molecule has 370 valence electrons. The van der Waals surface area contributed by atoms with Crippen LogP contribution in [0, 0.1) is 116 Å². The molecule has 2 N–H and O–H groups in total. The van der Waals surface area contributed by atoms with E-state index < -0.39 is 11.2 Å². The number of allylic oxidation sites excluding steroid dienone is 1. The number of Topliss-reactive ketones (excluding diaryl/α,β-unsaturated/α-hetero) is 2. The number of hydrogen-bond donors (Lipinski definition) is 2. The molecule has 8 saturated carbocycles. The average molecular weight is 1070 g/mol. The first-order valence-electron chi connectivity index (χ1n) is 25.6. The third kappa shape index (κ3) is 13.0. The second kappa shape index (κ2) is 25.3. The summed E-state index contributed by atoms with van der Waals surface area (Å²) in [6, 6.07) is 4.07. The molecule has 2 heterocycles. The van der Waals surface area contributed by atoms with Crippen LogP contribution in [0.4, 0.5) is 0 Å². The molecule has 0 aromatic carbocycles. The monoisotopic (exact) mass is 1070 g/mol. The predicted molar refractivity (Wildman–Crippen MR) is 258 cm³/mol. The van der Waals surface area contributed by atoms with Crippen LogP contribution in [0.15, 0.2) is 29.0 Å². The second-order valence-corrected chi connectivity index (χ2v) is 24.4. The number of halogens is 1. The van der Waals surface area contributed by atoms with Gasteiger partial charge in [0, 0.05) is 24.2 Å². The van der Waals surface area contributed by atoms with Gasteiger partial charge in [0.05, 0.1) is 47.0 Å². The van der Waals surface area contributed by atoms with Crippen LogP contribution in [0.1, 0.15) is 151 Å². The van der Waals surface area contributed by atoms with E-state index in [0.29, 0.717) is 58.2 Å². The van der Waals surface area contributed by atoms with Crippen molar-refractivity contribution in [2.75, 3.05) is 11.9 Å². The molecule has 1 aliphatic heterocycles. The van der Waals surface area contributed by atoms with Crippen molar-refractivity contribution < 1.29 is 139 Å². The van der Waals surface area contributed by atoms with E-state index >= 15 is 0 Å². The molecule has 0 amide bonds. The summed E-state index contributed by atoms with van der Waals surface area (Å²) in [6.07, 6.45) is 25.2. The second-order valence-electron chi connectivity index (χ2n) is 23.9. The van der Waals surface area contributed by atoms with Gasteiger partial charge in [-0.1, -0.05) is 43.6 Å². The van der Waals surface area contributed by atoms with E-state index in [-0.39, 0.29) is 140 Å². The van der Waals surface area contributed by atoms with Crippen molar-refractivity contribution in [3.05, 3.63) is 29.6 Å². The summed E-state index contributed by atoms with van der Waals surface area (Å²) < 4.78 is 1.65. The maximum Gasteiger partial charge on any atom is 1.00 e. The van der Waals surface area contributed by atoms with E-state index in [1.807, 2.05) is 19.9 Å². The summed E-state index contributed by atoms with van der Waals surface area (Å²) in [6.45, 7) is 14.5. The minimum absolute atomic E-state index is 0. The van der Waals surface area contributed by atoms with Crippen molar-refractivity contribution in [2.24, 2.45) is 98.7 Å². The molecular formula is C54H78BrK2N5O7. The number of nitrogens with zero attached hydrogens (tertiary/aromatic N) is 5. The fourth-order valence-corrected chi connectivity index (χ4v) is 17.9. The Balaban J connectivity index is 0.000000245. The third-order valence-electron chi connectivity index (χ3n) is 19.9. The molecule has 69 heavy (non-hydrogen) atoms. The number of nitriles is 2. The van der Waals surface area contributed by atoms with Crippen molar-refractivity contribution in [3.63, 3.8) is 0 Å². The zero-order chi connectivity index (χ0) is 48.5. The van der Waals surface area contributed by atoms with Crippen molar-refractivity contribution in [2.45, 2.75) is 162 Å². The molecule has 10 rings (SSSR count). The Morgan fingerprint density at radius 3 is 1.67 bits per heavy atom. The van der Waals surface area contributed by atoms with Crippen LogP contribution < -0.4 is 108 Å². The first-order valence-corrected chi connectivity index (χ1v) is 26.8. The van der Waals surface area contributed by atoms with Crippen molar-refractivity contribution in [3.8, 4) is 12.1 Å². The molecule has 1 aromatic rings. The first kappa shape index (κ1) is 59.9. The van der Waals surface area contributed by atoms with Crippen molar-refractivity contribution in [1.29, 1.82) is 10.5 Å². The zero-order valence-corrected chi connectivity index (χ0v) is 50.8. The van der Waals surface area contributed by atoms with Crippen molar-refractivity contribution in [1.82, 2.24) is 9.78 Å². The summed E-state index contributed by atoms with van der Waals surface area (Å²) >= 11 is 3.44.